The Morgan fingerprint density at radius 2 is 2.25 bits per heavy atom. The summed E-state index contributed by atoms with van der Waals surface area (Å²) in [7, 11) is 0. The van der Waals surface area contributed by atoms with Gasteiger partial charge in [-0.15, -0.1) is 0 Å². The van der Waals surface area contributed by atoms with E-state index in [1.165, 1.54) is 6.33 Å². The number of carbonyl (C=O) groups excluding carboxylic acids is 1. The number of urea groups is 1. The van der Waals surface area contributed by atoms with Gasteiger partial charge < -0.3 is 20.3 Å². The first-order valence-corrected chi connectivity index (χ1v) is 6.81. The highest BCUT2D eigenvalue weighted by Crippen LogP contribution is 2.16. The predicted octanol–water partition coefficient (Wildman–Crippen LogP) is 0.847. The quantitative estimate of drug-likeness (QED) is 0.761. The molecule has 2 amide bonds. The Kier molecular flexibility index (Phi) is 4.60. The number of aliphatic carboxylic acids is 1. The molecular formula is C13H20N4O3. The van der Waals surface area contributed by atoms with Crippen LogP contribution in [0.1, 0.15) is 25.5 Å². The van der Waals surface area contributed by atoms with Gasteiger partial charge in [0.05, 0.1) is 6.33 Å². The molecule has 0 aliphatic carbocycles. The number of carbonyl (C=O) groups is 2. The summed E-state index contributed by atoms with van der Waals surface area (Å²) in [5, 5.41) is 11.8. The van der Waals surface area contributed by atoms with E-state index in [0.29, 0.717) is 24.7 Å². The molecule has 1 aliphatic rings. The van der Waals surface area contributed by atoms with Crippen molar-refractivity contribution in [1.82, 2.24) is 20.2 Å². The van der Waals surface area contributed by atoms with Crippen LogP contribution in [0.25, 0.3) is 0 Å². The van der Waals surface area contributed by atoms with Gasteiger partial charge in [0.2, 0.25) is 0 Å². The van der Waals surface area contributed by atoms with Crippen LogP contribution in [-0.4, -0.2) is 51.1 Å². The Balaban J connectivity index is 1.90. The van der Waals surface area contributed by atoms with Gasteiger partial charge in [0, 0.05) is 31.4 Å². The lowest BCUT2D eigenvalue weighted by Crippen LogP contribution is -2.50. The van der Waals surface area contributed by atoms with Gasteiger partial charge in [0.25, 0.3) is 0 Å². The number of aromatic amines is 1. The van der Waals surface area contributed by atoms with Gasteiger partial charge in [-0.3, -0.25) is 0 Å². The second-order valence-corrected chi connectivity index (χ2v) is 5.29. The van der Waals surface area contributed by atoms with Crippen molar-refractivity contribution >= 4 is 12.0 Å². The molecule has 7 nitrogen and oxygen atoms in total. The van der Waals surface area contributed by atoms with Crippen molar-refractivity contribution in [1.29, 1.82) is 0 Å². The van der Waals surface area contributed by atoms with Gasteiger partial charge in [-0.2, -0.15) is 0 Å². The molecule has 3 N–H and O–H groups in total. The maximum atomic E-state index is 12.1. The van der Waals surface area contributed by atoms with Crippen LogP contribution >= 0.6 is 0 Å². The van der Waals surface area contributed by atoms with Crippen LogP contribution in [0.4, 0.5) is 4.79 Å². The Hall–Kier alpha value is -2.05. The molecule has 0 spiro atoms. The fourth-order valence-corrected chi connectivity index (χ4v) is 2.27. The summed E-state index contributed by atoms with van der Waals surface area (Å²) < 4.78 is 0. The standard InChI is InChI=1S/C13H20N4O3/c1-9-2-4-17(5-3-9)13(20)16-11(12(18)19)6-10-7-14-8-15-10/h7-9,11H,2-6H2,1H3,(H,14,15)(H,16,20)(H,18,19)/t11-/m0/s1. The third kappa shape index (κ3) is 3.72. The summed E-state index contributed by atoms with van der Waals surface area (Å²) >= 11 is 0. The van der Waals surface area contributed by atoms with E-state index in [9.17, 15) is 14.7 Å². The van der Waals surface area contributed by atoms with Crippen molar-refractivity contribution in [2.45, 2.75) is 32.2 Å². The number of amides is 2. The largest absolute Gasteiger partial charge is 0.480 e. The minimum Gasteiger partial charge on any atom is -0.480 e. The second-order valence-electron chi connectivity index (χ2n) is 5.29. The van der Waals surface area contributed by atoms with E-state index < -0.39 is 12.0 Å². The highest BCUT2D eigenvalue weighted by molar-refractivity contribution is 5.82. The highest BCUT2D eigenvalue weighted by Gasteiger charge is 2.26. The zero-order chi connectivity index (χ0) is 14.5. The summed E-state index contributed by atoms with van der Waals surface area (Å²) in [6.45, 7) is 3.53. The van der Waals surface area contributed by atoms with Crippen molar-refractivity contribution in [3.05, 3.63) is 18.2 Å². The number of hydrogen-bond donors (Lipinski definition) is 3. The fourth-order valence-electron chi connectivity index (χ4n) is 2.27. The molecule has 2 rings (SSSR count). The third-order valence-electron chi connectivity index (χ3n) is 3.65. The molecule has 1 aromatic heterocycles. The van der Waals surface area contributed by atoms with E-state index in [1.807, 2.05) is 0 Å². The zero-order valence-electron chi connectivity index (χ0n) is 11.5. The molecule has 1 aromatic rings. The molecule has 1 fully saturated rings. The SMILES string of the molecule is CC1CCN(C(=O)N[C@@H](Cc2cnc[nH]2)C(=O)O)CC1. The maximum Gasteiger partial charge on any atom is 0.326 e. The van der Waals surface area contributed by atoms with E-state index in [2.05, 4.69) is 22.2 Å². The topological polar surface area (TPSA) is 98.3 Å². The Morgan fingerprint density at radius 1 is 1.55 bits per heavy atom. The third-order valence-corrected chi connectivity index (χ3v) is 3.65. The van der Waals surface area contributed by atoms with Crippen LogP contribution in [-0.2, 0) is 11.2 Å². The molecule has 0 saturated carbocycles. The first-order valence-electron chi connectivity index (χ1n) is 6.81. The normalized spacial score (nSPS) is 17.8. The molecule has 2 heterocycles. The number of likely N-dealkylation sites (tertiary alicyclic amines) is 1. The average Bonchev–Trinajstić information content (AvgIpc) is 2.91. The molecule has 7 heteroatoms. The number of piperidine rings is 1. The lowest BCUT2D eigenvalue weighted by molar-refractivity contribution is -0.139. The molecule has 110 valence electrons. The number of nitrogens with zero attached hydrogens (tertiary/aromatic N) is 2. The van der Waals surface area contributed by atoms with E-state index in [4.69, 9.17) is 0 Å². The van der Waals surface area contributed by atoms with Gasteiger partial charge >= 0.3 is 12.0 Å². The maximum absolute atomic E-state index is 12.1. The Labute approximate surface area is 117 Å². The lowest BCUT2D eigenvalue weighted by Gasteiger charge is -2.31. The highest BCUT2D eigenvalue weighted by atomic mass is 16.4. The lowest BCUT2D eigenvalue weighted by atomic mass is 9.99. The van der Waals surface area contributed by atoms with Crippen LogP contribution in [0.2, 0.25) is 0 Å². The average molecular weight is 280 g/mol. The molecule has 0 unspecified atom stereocenters. The van der Waals surface area contributed by atoms with Crippen molar-refractivity contribution in [2.24, 2.45) is 5.92 Å². The van der Waals surface area contributed by atoms with Crippen LogP contribution in [0.3, 0.4) is 0 Å². The van der Waals surface area contributed by atoms with Gasteiger partial charge in [0.1, 0.15) is 6.04 Å². The molecule has 1 saturated heterocycles. The molecule has 0 radical (unpaired) electrons. The summed E-state index contributed by atoms with van der Waals surface area (Å²) in [4.78, 5) is 31.7. The molecule has 0 bridgehead atoms. The van der Waals surface area contributed by atoms with Gasteiger partial charge in [0.15, 0.2) is 0 Å². The number of aromatic nitrogens is 2. The van der Waals surface area contributed by atoms with Crippen molar-refractivity contribution in [3.63, 3.8) is 0 Å². The van der Waals surface area contributed by atoms with E-state index in [-0.39, 0.29) is 12.5 Å². The monoisotopic (exact) mass is 280 g/mol. The van der Waals surface area contributed by atoms with Crippen molar-refractivity contribution < 1.29 is 14.7 Å². The number of H-pyrrole nitrogens is 1. The molecule has 0 aromatic carbocycles. The molecule has 1 atom stereocenters. The number of imidazole rings is 1. The van der Waals surface area contributed by atoms with Gasteiger partial charge in [-0.05, 0) is 18.8 Å². The van der Waals surface area contributed by atoms with Crippen LogP contribution in [0.15, 0.2) is 12.5 Å². The number of nitrogens with one attached hydrogen (secondary N) is 2. The first kappa shape index (κ1) is 14.4. The predicted molar refractivity (Wildman–Crippen MR) is 72.2 cm³/mol. The number of carboxylic acids is 1. The Morgan fingerprint density at radius 3 is 2.80 bits per heavy atom. The van der Waals surface area contributed by atoms with E-state index in [0.717, 1.165) is 12.8 Å². The van der Waals surface area contributed by atoms with Crippen molar-refractivity contribution in [3.8, 4) is 0 Å². The number of hydrogen-bond acceptors (Lipinski definition) is 3. The van der Waals surface area contributed by atoms with E-state index in [1.54, 1.807) is 11.1 Å². The summed E-state index contributed by atoms with van der Waals surface area (Å²) in [6, 6.07) is -1.24. The second kappa shape index (κ2) is 6.40. The van der Waals surface area contributed by atoms with E-state index >= 15 is 0 Å². The Bertz CT molecular complexity index is 452. The summed E-state index contributed by atoms with van der Waals surface area (Å²) in [5.74, 6) is -0.419. The minimum absolute atomic E-state index is 0.200. The molecular weight excluding hydrogens is 260 g/mol. The van der Waals surface area contributed by atoms with Crippen LogP contribution in [0, 0.1) is 5.92 Å². The smallest absolute Gasteiger partial charge is 0.326 e. The fraction of sp³-hybridized carbons (Fsp3) is 0.615. The zero-order valence-corrected chi connectivity index (χ0v) is 11.5. The van der Waals surface area contributed by atoms with Gasteiger partial charge in [-0.1, -0.05) is 6.92 Å². The molecule has 20 heavy (non-hydrogen) atoms. The number of rotatable bonds is 4. The van der Waals surface area contributed by atoms with Gasteiger partial charge in [-0.25, -0.2) is 14.6 Å². The summed E-state index contributed by atoms with van der Waals surface area (Å²) in [6.07, 6.45) is 5.18. The first-order chi connectivity index (χ1) is 9.56. The number of carboxylic acid groups (broad SMARTS) is 1. The van der Waals surface area contributed by atoms with Crippen LogP contribution in [0.5, 0.6) is 0 Å². The molecule has 1 aliphatic heterocycles. The summed E-state index contributed by atoms with van der Waals surface area (Å²) in [5.41, 5.74) is 0.685. The minimum atomic E-state index is -1.04. The van der Waals surface area contributed by atoms with Crippen LogP contribution < -0.4 is 5.32 Å². The van der Waals surface area contributed by atoms with Crippen molar-refractivity contribution in [2.75, 3.05) is 13.1 Å².